The second-order valence-electron chi connectivity index (χ2n) is 7.85. The lowest BCUT2D eigenvalue weighted by atomic mass is 9.90. The highest BCUT2D eigenvalue weighted by Gasteiger charge is 2.24. The molecule has 6 heteroatoms. The number of rotatable bonds is 5. The van der Waals surface area contributed by atoms with Gasteiger partial charge in [0.15, 0.2) is 16.6 Å². The molecule has 1 aromatic heterocycles. The van der Waals surface area contributed by atoms with Crippen molar-refractivity contribution in [2.45, 2.75) is 39.2 Å². The van der Waals surface area contributed by atoms with Crippen LogP contribution in [-0.4, -0.2) is 11.8 Å². The predicted molar refractivity (Wildman–Crippen MR) is 115 cm³/mol. The second kappa shape index (κ2) is 7.64. The number of anilines is 1. The molecule has 0 aliphatic carbocycles. The second-order valence-corrected chi connectivity index (χ2v) is 9.34. The van der Waals surface area contributed by atoms with Gasteiger partial charge in [0.2, 0.25) is 6.79 Å². The van der Waals surface area contributed by atoms with Crippen molar-refractivity contribution in [3.05, 3.63) is 69.2 Å². The normalized spacial score (nSPS) is 13.0. The van der Waals surface area contributed by atoms with Crippen LogP contribution in [-0.2, 0) is 18.4 Å². The van der Waals surface area contributed by atoms with E-state index in [0.29, 0.717) is 13.3 Å². The van der Waals surface area contributed by atoms with Crippen molar-refractivity contribution in [1.29, 1.82) is 0 Å². The third-order valence-electron chi connectivity index (χ3n) is 4.60. The Hall–Kier alpha value is -2.24. The van der Waals surface area contributed by atoms with Crippen molar-refractivity contribution in [2.24, 2.45) is 0 Å². The molecule has 2 heterocycles. The SMILES string of the molecule is CC(C)(C)c1nc(NCc2ccccc2Cl)sc1Cc1ccc2c(c1)OCO2. The maximum atomic E-state index is 6.27. The molecule has 2 aromatic carbocycles. The number of hydrogen-bond donors (Lipinski definition) is 1. The molecule has 0 saturated heterocycles. The lowest BCUT2D eigenvalue weighted by molar-refractivity contribution is 0.174. The van der Waals surface area contributed by atoms with Crippen LogP contribution < -0.4 is 14.8 Å². The van der Waals surface area contributed by atoms with Gasteiger partial charge in [-0.3, -0.25) is 0 Å². The van der Waals surface area contributed by atoms with Crippen molar-refractivity contribution < 1.29 is 9.47 Å². The minimum absolute atomic E-state index is 0.0352. The molecule has 1 aliphatic rings. The first kappa shape index (κ1) is 19.1. The van der Waals surface area contributed by atoms with E-state index in [1.807, 2.05) is 30.3 Å². The summed E-state index contributed by atoms with van der Waals surface area (Å²) < 4.78 is 10.9. The Balaban J connectivity index is 1.57. The zero-order valence-corrected chi connectivity index (χ0v) is 17.8. The highest BCUT2D eigenvalue weighted by molar-refractivity contribution is 7.15. The van der Waals surface area contributed by atoms with Gasteiger partial charge < -0.3 is 14.8 Å². The monoisotopic (exact) mass is 414 g/mol. The van der Waals surface area contributed by atoms with Gasteiger partial charge in [-0.25, -0.2) is 4.98 Å². The van der Waals surface area contributed by atoms with Gasteiger partial charge >= 0.3 is 0 Å². The summed E-state index contributed by atoms with van der Waals surface area (Å²) in [4.78, 5) is 6.16. The number of nitrogens with zero attached hydrogens (tertiary/aromatic N) is 1. The standard InChI is InChI=1S/C22H23ClN2O2S/c1-22(2,3)20-19(11-14-8-9-17-18(10-14)27-13-26-17)28-21(25-20)24-12-15-6-4-5-7-16(15)23/h4-10H,11-13H2,1-3H3,(H,24,25). The number of fused-ring (bicyclic) bond motifs is 1. The molecule has 0 unspecified atom stereocenters. The van der Waals surface area contributed by atoms with E-state index >= 15 is 0 Å². The van der Waals surface area contributed by atoms with Crippen LogP contribution in [0.5, 0.6) is 11.5 Å². The summed E-state index contributed by atoms with van der Waals surface area (Å²) in [5.41, 5.74) is 3.34. The van der Waals surface area contributed by atoms with Gasteiger partial charge in [-0.05, 0) is 29.3 Å². The topological polar surface area (TPSA) is 43.4 Å². The Morgan fingerprint density at radius 3 is 2.68 bits per heavy atom. The number of benzene rings is 2. The number of hydrogen-bond acceptors (Lipinski definition) is 5. The van der Waals surface area contributed by atoms with Crippen LogP contribution in [0.3, 0.4) is 0 Å². The van der Waals surface area contributed by atoms with Crippen molar-refractivity contribution >= 4 is 28.1 Å². The number of ether oxygens (including phenoxy) is 2. The van der Waals surface area contributed by atoms with E-state index in [1.54, 1.807) is 11.3 Å². The predicted octanol–water partition coefficient (Wildman–Crippen LogP) is 6.03. The summed E-state index contributed by atoms with van der Waals surface area (Å²) in [6.07, 6.45) is 0.814. The van der Waals surface area contributed by atoms with Gasteiger partial charge in [0.05, 0.1) is 5.69 Å². The fourth-order valence-electron chi connectivity index (χ4n) is 3.18. The molecule has 0 bridgehead atoms. The average molecular weight is 415 g/mol. The minimum atomic E-state index is -0.0352. The molecular weight excluding hydrogens is 392 g/mol. The third kappa shape index (κ3) is 4.10. The van der Waals surface area contributed by atoms with E-state index in [1.165, 1.54) is 10.4 Å². The van der Waals surface area contributed by atoms with E-state index in [-0.39, 0.29) is 5.41 Å². The molecule has 1 aliphatic heterocycles. The Labute approximate surface area is 174 Å². The largest absolute Gasteiger partial charge is 0.454 e. The maximum absolute atomic E-state index is 6.27. The van der Waals surface area contributed by atoms with Crippen LogP contribution in [0, 0.1) is 0 Å². The molecular formula is C22H23ClN2O2S. The quantitative estimate of drug-likeness (QED) is 0.553. The van der Waals surface area contributed by atoms with Crippen molar-refractivity contribution in [3.63, 3.8) is 0 Å². The Morgan fingerprint density at radius 1 is 1.11 bits per heavy atom. The van der Waals surface area contributed by atoms with Crippen LogP contribution in [0.4, 0.5) is 5.13 Å². The number of aromatic nitrogens is 1. The number of thiazole rings is 1. The summed E-state index contributed by atoms with van der Waals surface area (Å²) in [7, 11) is 0. The van der Waals surface area contributed by atoms with E-state index in [4.69, 9.17) is 26.1 Å². The van der Waals surface area contributed by atoms with E-state index in [0.717, 1.165) is 39.3 Å². The molecule has 0 atom stereocenters. The molecule has 3 aromatic rings. The smallest absolute Gasteiger partial charge is 0.231 e. The molecule has 4 nitrogen and oxygen atoms in total. The van der Waals surface area contributed by atoms with E-state index < -0.39 is 0 Å². The summed E-state index contributed by atoms with van der Waals surface area (Å²) in [6.45, 7) is 7.54. The summed E-state index contributed by atoms with van der Waals surface area (Å²) in [5, 5.41) is 5.12. The van der Waals surface area contributed by atoms with E-state index in [2.05, 4.69) is 38.2 Å². The zero-order valence-electron chi connectivity index (χ0n) is 16.2. The molecule has 0 fully saturated rings. The summed E-state index contributed by atoms with van der Waals surface area (Å²) in [6, 6.07) is 14.0. The van der Waals surface area contributed by atoms with Crippen LogP contribution >= 0.6 is 22.9 Å². The Bertz CT molecular complexity index is 994. The fourth-order valence-corrected chi connectivity index (χ4v) is 4.59. The highest BCUT2D eigenvalue weighted by Crippen LogP contribution is 2.37. The first-order valence-electron chi connectivity index (χ1n) is 9.26. The van der Waals surface area contributed by atoms with Crippen molar-refractivity contribution in [3.8, 4) is 11.5 Å². The molecule has 28 heavy (non-hydrogen) atoms. The third-order valence-corrected chi connectivity index (χ3v) is 5.98. The number of nitrogens with one attached hydrogen (secondary N) is 1. The lowest BCUT2D eigenvalue weighted by Gasteiger charge is -2.17. The van der Waals surface area contributed by atoms with Gasteiger partial charge in [-0.1, -0.05) is 56.6 Å². The lowest BCUT2D eigenvalue weighted by Crippen LogP contribution is -2.14. The average Bonchev–Trinajstić information content (AvgIpc) is 3.27. The molecule has 146 valence electrons. The molecule has 4 rings (SSSR count). The van der Waals surface area contributed by atoms with Gasteiger partial charge in [-0.2, -0.15) is 0 Å². The first-order chi connectivity index (χ1) is 13.4. The fraction of sp³-hybridized carbons (Fsp3) is 0.318. The Morgan fingerprint density at radius 2 is 1.89 bits per heavy atom. The van der Waals surface area contributed by atoms with Crippen LogP contribution in [0.2, 0.25) is 5.02 Å². The zero-order chi connectivity index (χ0) is 19.7. The highest BCUT2D eigenvalue weighted by atomic mass is 35.5. The van der Waals surface area contributed by atoms with Crippen molar-refractivity contribution in [1.82, 2.24) is 4.98 Å². The van der Waals surface area contributed by atoms with Crippen LogP contribution in [0.25, 0.3) is 0 Å². The molecule has 0 saturated carbocycles. The Kier molecular flexibility index (Phi) is 5.21. The van der Waals surface area contributed by atoms with Gasteiger partial charge in [-0.15, -0.1) is 11.3 Å². The van der Waals surface area contributed by atoms with Crippen LogP contribution in [0.1, 0.15) is 42.5 Å². The molecule has 0 amide bonds. The van der Waals surface area contributed by atoms with Crippen molar-refractivity contribution in [2.75, 3.05) is 12.1 Å². The van der Waals surface area contributed by atoms with Gasteiger partial charge in [0.1, 0.15) is 0 Å². The summed E-state index contributed by atoms with van der Waals surface area (Å²) >= 11 is 7.98. The molecule has 0 spiro atoms. The van der Waals surface area contributed by atoms with Crippen LogP contribution in [0.15, 0.2) is 42.5 Å². The maximum Gasteiger partial charge on any atom is 0.231 e. The van der Waals surface area contributed by atoms with Gasteiger partial charge in [0, 0.05) is 28.3 Å². The molecule has 1 N–H and O–H groups in total. The summed E-state index contributed by atoms with van der Waals surface area (Å²) in [5.74, 6) is 1.63. The van der Waals surface area contributed by atoms with Gasteiger partial charge in [0.25, 0.3) is 0 Å². The number of halogens is 1. The molecule has 0 radical (unpaired) electrons. The van der Waals surface area contributed by atoms with E-state index in [9.17, 15) is 0 Å². The first-order valence-corrected chi connectivity index (χ1v) is 10.5. The minimum Gasteiger partial charge on any atom is -0.454 e.